The van der Waals surface area contributed by atoms with Gasteiger partial charge in [0.25, 0.3) is 0 Å². The van der Waals surface area contributed by atoms with Gasteiger partial charge in [0.1, 0.15) is 0 Å². The highest BCUT2D eigenvalue weighted by Gasteiger charge is 2.08. The topological polar surface area (TPSA) is 55.1 Å². The second kappa shape index (κ2) is 6.07. The number of aryl methyl sites for hydroxylation is 1. The summed E-state index contributed by atoms with van der Waals surface area (Å²) in [6.45, 7) is 1.91. The van der Waals surface area contributed by atoms with Crippen molar-refractivity contribution in [3.05, 3.63) is 41.6 Å². The normalized spacial score (nSPS) is 9.90. The van der Waals surface area contributed by atoms with Gasteiger partial charge in [0.05, 0.1) is 32.4 Å². The number of aromatic nitrogens is 1. The molecular weight excluding hydrogens is 252 g/mol. The minimum absolute atomic E-state index is 0.380. The van der Waals surface area contributed by atoms with Crippen LogP contribution in [0.5, 0.6) is 11.5 Å². The van der Waals surface area contributed by atoms with Crippen LogP contribution in [0.25, 0.3) is 11.3 Å². The molecule has 2 rings (SSSR count). The van der Waals surface area contributed by atoms with Crippen LogP contribution >= 0.6 is 0 Å². The minimum atomic E-state index is 0.380. The summed E-state index contributed by atoms with van der Waals surface area (Å²) in [6.07, 6.45) is 0.380. The molecule has 0 spiro atoms. The van der Waals surface area contributed by atoms with E-state index in [2.05, 4.69) is 11.1 Å². The third-order valence-electron chi connectivity index (χ3n) is 3.14. The largest absolute Gasteiger partial charge is 0.493 e. The quantitative estimate of drug-likeness (QED) is 0.854. The maximum atomic E-state index is 8.75. The molecule has 0 aliphatic heterocycles. The smallest absolute Gasteiger partial charge is 0.161 e. The van der Waals surface area contributed by atoms with E-state index in [1.165, 1.54) is 0 Å². The van der Waals surface area contributed by atoms with Crippen molar-refractivity contribution in [1.29, 1.82) is 5.26 Å². The fourth-order valence-corrected chi connectivity index (χ4v) is 2.02. The van der Waals surface area contributed by atoms with E-state index in [4.69, 9.17) is 14.7 Å². The van der Waals surface area contributed by atoms with Gasteiger partial charge in [0.15, 0.2) is 11.5 Å². The van der Waals surface area contributed by atoms with Crippen LogP contribution in [0.2, 0.25) is 0 Å². The van der Waals surface area contributed by atoms with Gasteiger partial charge in [-0.2, -0.15) is 5.26 Å². The van der Waals surface area contributed by atoms with Gasteiger partial charge in [-0.15, -0.1) is 0 Å². The number of hydrogen-bond donors (Lipinski definition) is 0. The first kappa shape index (κ1) is 13.9. The van der Waals surface area contributed by atoms with Crippen LogP contribution in [0.3, 0.4) is 0 Å². The van der Waals surface area contributed by atoms with E-state index < -0.39 is 0 Å². The molecule has 4 nitrogen and oxygen atoms in total. The molecule has 102 valence electrons. The average Bonchev–Trinajstić information content (AvgIpc) is 2.48. The Morgan fingerprint density at radius 2 is 1.85 bits per heavy atom. The van der Waals surface area contributed by atoms with Gasteiger partial charge in [-0.05, 0) is 36.8 Å². The lowest BCUT2D eigenvalue weighted by atomic mass is 10.1. The highest BCUT2D eigenvalue weighted by molar-refractivity contribution is 5.64. The van der Waals surface area contributed by atoms with E-state index in [0.29, 0.717) is 17.9 Å². The SMILES string of the molecule is COc1ccc(-c2ccc(CC#N)c(C)n2)cc1OC. The molecule has 1 aromatic heterocycles. The summed E-state index contributed by atoms with van der Waals surface area (Å²) in [5.74, 6) is 1.36. The fourth-order valence-electron chi connectivity index (χ4n) is 2.02. The molecule has 0 N–H and O–H groups in total. The van der Waals surface area contributed by atoms with Crippen LogP contribution in [0.15, 0.2) is 30.3 Å². The third kappa shape index (κ3) is 2.72. The molecule has 20 heavy (non-hydrogen) atoms. The predicted octanol–water partition coefficient (Wildman–Crippen LogP) is 3.14. The van der Waals surface area contributed by atoms with E-state index >= 15 is 0 Å². The number of rotatable bonds is 4. The summed E-state index contributed by atoms with van der Waals surface area (Å²) in [6, 6.07) is 11.7. The summed E-state index contributed by atoms with van der Waals surface area (Å²) in [5.41, 5.74) is 3.63. The maximum absolute atomic E-state index is 8.75. The Kier molecular flexibility index (Phi) is 4.21. The molecule has 0 amide bonds. The van der Waals surface area contributed by atoms with Gasteiger partial charge in [0, 0.05) is 11.3 Å². The molecule has 0 unspecified atom stereocenters. The van der Waals surface area contributed by atoms with Crippen molar-refractivity contribution in [1.82, 2.24) is 4.98 Å². The van der Waals surface area contributed by atoms with E-state index in [-0.39, 0.29) is 0 Å². The number of methoxy groups -OCH3 is 2. The molecule has 1 aromatic carbocycles. The van der Waals surface area contributed by atoms with Crippen molar-refractivity contribution >= 4 is 0 Å². The molecule has 0 aliphatic rings. The second-order valence-electron chi connectivity index (χ2n) is 4.35. The van der Waals surface area contributed by atoms with Gasteiger partial charge in [-0.1, -0.05) is 6.07 Å². The van der Waals surface area contributed by atoms with Crippen molar-refractivity contribution < 1.29 is 9.47 Å². The fraction of sp³-hybridized carbons (Fsp3) is 0.250. The van der Waals surface area contributed by atoms with Crippen molar-refractivity contribution in [2.24, 2.45) is 0 Å². The van der Waals surface area contributed by atoms with Crippen molar-refractivity contribution in [2.45, 2.75) is 13.3 Å². The zero-order valence-corrected chi connectivity index (χ0v) is 11.8. The minimum Gasteiger partial charge on any atom is -0.493 e. The van der Waals surface area contributed by atoms with Crippen molar-refractivity contribution in [2.75, 3.05) is 14.2 Å². The second-order valence-corrected chi connectivity index (χ2v) is 4.35. The van der Waals surface area contributed by atoms with E-state index in [1.807, 2.05) is 37.3 Å². The Morgan fingerprint density at radius 1 is 1.10 bits per heavy atom. The number of ether oxygens (including phenoxy) is 2. The first-order chi connectivity index (χ1) is 9.69. The Balaban J connectivity index is 2.42. The van der Waals surface area contributed by atoms with Gasteiger partial charge in [0.2, 0.25) is 0 Å². The predicted molar refractivity (Wildman–Crippen MR) is 76.8 cm³/mol. The molecule has 0 saturated carbocycles. The Bertz CT molecular complexity index is 660. The lowest BCUT2D eigenvalue weighted by Gasteiger charge is -2.10. The number of hydrogen-bond acceptors (Lipinski definition) is 4. The van der Waals surface area contributed by atoms with E-state index in [0.717, 1.165) is 22.5 Å². The Morgan fingerprint density at radius 3 is 2.45 bits per heavy atom. The number of benzene rings is 1. The monoisotopic (exact) mass is 268 g/mol. The lowest BCUT2D eigenvalue weighted by molar-refractivity contribution is 0.355. The molecule has 4 heteroatoms. The summed E-state index contributed by atoms with van der Waals surface area (Å²) in [7, 11) is 3.22. The number of nitriles is 1. The van der Waals surface area contributed by atoms with Gasteiger partial charge in [-0.3, -0.25) is 4.98 Å². The molecular formula is C16H16N2O2. The standard InChI is InChI=1S/C16H16N2O2/c1-11-12(8-9-17)4-6-14(18-11)13-5-7-15(19-2)16(10-13)20-3/h4-7,10H,8H2,1-3H3. The maximum Gasteiger partial charge on any atom is 0.161 e. The molecule has 0 aliphatic carbocycles. The van der Waals surface area contributed by atoms with Gasteiger partial charge < -0.3 is 9.47 Å². The van der Waals surface area contributed by atoms with Crippen LogP contribution in [0, 0.1) is 18.3 Å². The first-order valence-corrected chi connectivity index (χ1v) is 6.25. The Labute approximate surface area is 118 Å². The van der Waals surface area contributed by atoms with Gasteiger partial charge >= 0.3 is 0 Å². The van der Waals surface area contributed by atoms with Crippen molar-refractivity contribution in [3.8, 4) is 28.8 Å². The summed E-state index contributed by atoms with van der Waals surface area (Å²) in [4.78, 5) is 4.55. The third-order valence-corrected chi connectivity index (χ3v) is 3.14. The Hall–Kier alpha value is -2.54. The first-order valence-electron chi connectivity index (χ1n) is 6.25. The number of pyridine rings is 1. The highest BCUT2D eigenvalue weighted by atomic mass is 16.5. The van der Waals surface area contributed by atoms with Crippen LogP contribution in [0.4, 0.5) is 0 Å². The van der Waals surface area contributed by atoms with Crippen LogP contribution in [-0.2, 0) is 6.42 Å². The summed E-state index contributed by atoms with van der Waals surface area (Å²) >= 11 is 0. The van der Waals surface area contributed by atoms with Crippen LogP contribution in [-0.4, -0.2) is 19.2 Å². The van der Waals surface area contributed by atoms with Gasteiger partial charge in [-0.25, -0.2) is 0 Å². The van der Waals surface area contributed by atoms with E-state index in [1.54, 1.807) is 14.2 Å². The molecule has 1 heterocycles. The average molecular weight is 268 g/mol. The molecule has 0 fully saturated rings. The van der Waals surface area contributed by atoms with Crippen molar-refractivity contribution in [3.63, 3.8) is 0 Å². The molecule has 0 atom stereocenters. The highest BCUT2D eigenvalue weighted by Crippen LogP contribution is 2.31. The summed E-state index contributed by atoms with van der Waals surface area (Å²) in [5, 5.41) is 8.75. The van der Waals surface area contributed by atoms with Crippen LogP contribution in [0.1, 0.15) is 11.3 Å². The zero-order valence-electron chi connectivity index (χ0n) is 11.8. The molecule has 0 radical (unpaired) electrons. The number of nitrogens with zero attached hydrogens (tertiary/aromatic N) is 2. The van der Waals surface area contributed by atoms with Crippen LogP contribution < -0.4 is 9.47 Å². The molecule has 0 saturated heterocycles. The summed E-state index contributed by atoms with van der Waals surface area (Å²) < 4.78 is 10.5. The van der Waals surface area contributed by atoms with E-state index in [9.17, 15) is 0 Å². The lowest BCUT2D eigenvalue weighted by Crippen LogP contribution is -1.95. The molecule has 2 aromatic rings. The molecule has 0 bridgehead atoms. The zero-order chi connectivity index (χ0) is 14.5.